The SMILES string of the molecule is OC(Cn1nnc(-c2cccnc2)n1)c1ccc(Cl)cc1. The van der Waals surface area contributed by atoms with E-state index in [2.05, 4.69) is 20.4 Å². The molecule has 0 aliphatic carbocycles. The van der Waals surface area contributed by atoms with Crippen molar-refractivity contribution in [1.29, 1.82) is 0 Å². The van der Waals surface area contributed by atoms with Gasteiger partial charge in [0.2, 0.25) is 5.82 Å². The highest BCUT2D eigenvalue weighted by Crippen LogP contribution is 2.18. The maximum Gasteiger partial charge on any atom is 0.206 e. The highest BCUT2D eigenvalue weighted by atomic mass is 35.5. The predicted octanol–water partition coefficient (Wildman–Crippen LogP) is 2.12. The molecule has 0 aliphatic rings. The molecule has 1 unspecified atom stereocenters. The molecule has 0 aliphatic heterocycles. The minimum absolute atomic E-state index is 0.217. The van der Waals surface area contributed by atoms with E-state index >= 15 is 0 Å². The summed E-state index contributed by atoms with van der Waals surface area (Å²) in [7, 11) is 0. The number of hydrogen-bond donors (Lipinski definition) is 1. The van der Waals surface area contributed by atoms with Gasteiger partial charge in [-0.25, -0.2) is 0 Å². The summed E-state index contributed by atoms with van der Waals surface area (Å²) in [6.45, 7) is 0.217. The highest BCUT2D eigenvalue weighted by Gasteiger charge is 2.12. The lowest BCUT2D eigenvalue weighted by atomic mass is 10.1. The van der Waals surface area contributed by atoms with Gasteiger partial charge in [0, 0.05) is 23.0 Å². The molecule has 7 heteroatoms. The summed E-state index contributed by atoms with van der Waals surface area (Å²) in [5, 5.41) is 22.9. The van der Waals surface area contributed by atoms with Crippen molar-refractivity contribution < 1.29 is 5.11 Å². The Labute approximate surface area is 126 Å². The summed E-state index contributed by atoms with van der Waals surface area (Å²) in [6, 6.07) is 10.7. The van der Waals surface area contributed by atoms with Crippen molar-refractivity contribution in [2.24, 2.45) is 0 Å². The first-order valence-electron chi connectivity index (χ1n) is 6.34. The Balaban J connectivity index is 1.74. The molecular formula is C14H12ClN5O. The van der Waals surface area contributed by atoms with Crippen molar-refractivity contribution in [3.63, 3.8) is 0 Å². The summed E-state index contributed by atoms with van der Waals surface area (Å²) in [5.41, 5.74) is 1.53. The van der Waals surface area contributed by atoms with Crippen LogP contribution in [0.25, 0.3) is 11.4 Å². The van der Waals surface area contributed by atoms with Gasteiger partial charge < -0.3 is 5.11 Å². The van der Waals surface area contributed by atoms with Gasteiger partial charge in [0.15, 0.2) is 0 Å². The Morgan fingerprint density at radius 3 is 2.71 bits per heavy atom. The van der Waals surface area contributed by atoms with E-state index in [1.54, 1.807) is 42.7 Å². The van der Waals surface area contributed by atoms with Crippen LogP contribution in [-0.2, 0) is 6.54 Å². The lowest BCUT2D eigenvalue weighted by Crippen LogP contribution is -2.11. The molecule has 1 N–H and O–H groups in total. The number of halogens is 1. The van der Waals surface area contributed by atoms with Crippen molar-refractivity contribution in [3.05, 3.63) is 59.4 Å². The monoisotopic (exact) mass is 301 g/mol. The van der Waals surface area contributed by atoms with Crippen molar-refractivity contribution in [2.75, 3.05) is 0 Å². The van der Waals surface area contributed by atoms with E-state index in [0.717, 1.165) is 11.1 Å². The zero-order chi connectivity index (χ0) is 14.7. The molecule has 2 heterocycles. The number of benzene rings is 1. The summed E-state index contributed by atoms with van der Waals surface area (Å²) >= 11 is 5.82. The number of nitrogens with zero attached hydrogens (tertiary/aromatic N) is 5. The standard InChI is InChI=1S/C14H12ClN5O/c15-12-5-3-10(4-6-12)13(21)9-20-18-14(17-19-20)11-2-1-7-16-8-11/h1-8,13,21H,9H2. The van der Waals surface area contributed by atoms with Crippen molar-refractivity contribution >= 4 is 11.6 Å². The number of rotatable bonds is 4. The third kappa shape index (κ3) is 3.24. The van der Waals surface area contributed by atoms with Gasteiger partial charge in [-0.3, -0.25) is 4.98 Å². The quantitative estimate of drug-likeness (QED) is 0.799. The van der Waals surface area contributed by atoms with Gasteiger partial charge in [-0.05, 0) is 35.0 Å². The second-order valence-corrected chi connectivity index (χ2v) is 4.91. The maximum atomic E-state index is 10.2. The Bertz CT molecular complexity index is 714. The topological polar surface area (TPSA) is 76.7 Å². The fourth-order valence-corrected chi connectivity index (χ4v) is 2.00. The van der Waals surface area contributed by atoms with E-state index in [-0.39, 0.29) is 6.54 Å². The summed E-state index contributed by atoms with van der Waals surface area (Å²) in [6.07, 6.45) is 2.62. The second kappa shape index (κ2) is 5.99. The minimum Gasteiger partial charge on any atom is -0.386 e. The van der Waals surface area contributed by atoms with Gasteiger partial charge in [0.1, 0.15) is 6.10 Å². The molecule has 106 valence electrons. The van der Waals surface area contributed by atoms with Crippen LogP contribution in [0.5, 0.6) is 0 Å². The van der Waals surface area contributed by atoms with Crippen LogP contribution in [-0.4, -0.2) is 30.3 Å². The van der Waals surface area contributed by atoms with Crippen molar-refractivity contribution in [2.45, 2.75) is 12.6 Å². The van der Waals surface area contributed by atoms with Gasteiger partial charge in [0.05, 0.1) is 6.54 Å². The molecule has 21 heavy (non-hydrogen) atoms. The van der Waals surface area contributed by atoms with Crippen LogP contribution in [0.1, 0.15) is 11.7 Å². The largest absolute Gasteiger partial charge is 0.386 e. The van der Waals surface area contributed by atoms with Crippen LogP contribution < -0.4 is 0 Å². The van der Waals surface area contributed by atoms with E-state index in [9.17, 15) is 5.11 Å². The molecule has 1 atom stereocenters. The smallest absolute Gasteiger partial charge is 0.206 e. The Morgan fingerprint density at radius 2 is 2.00 bits per heavy atom. The lowest BCUT2D eigenvalue weighted by Gasteiger charge is -2.09. The first kappa shape index (κ1) is 13.7. The number of hydrogen-bond acceptors (Lipinski definition) is 5. The third-order valence-corrected chi connectivity index (χ3v) is 3.22. The molecule has 1 aromatic carbocycles. The molecule has 0 saturated carbocycles. The molecule has 0 amide bonds. The molecule has 0 spiro atoms. The van der Waals surface area contributed by atoms with Crippen molar-refractivity contribution in [3.8, 4) is 11.4 Å². The summed E-state index contributed by atoms with van der Waals surface area (Å²) in [5.74, 6) is 0.478. The van der Waals surface area contributed by atoms with E-state index in [0.29, 0.717) is 10.8 Å². The van der Waals surface area contributed by atoms with Crippen LogP contribution in [0, 0.1) is 0 Å². The maximum absolute atomic E-state index is 10.2. The molecule has 2 aromatic heterocycles. The van der Waals surface area contributed by atoms with Gasteiger partial charge >= 0.3 is 0 Å². The fourth-order valence-electron chi connectivity index (χ4n) is 1.88. The average Bonchev–Trinajstić information content (AvgIpc) is 2.97. The third-order valence-electron chi connectivity index (χ3n) is 2.96. The zero-order valence-corrected chi connectivity index (χ0v) is 11.7. The Hall–Kier alpha value is -2.31. The fraction of sp³-hybridized carbons (Fsp3) is 0.143. The van der Waals surface area contributed by atoms with Crippen LogP contribution >= 0.6 is 11.6 Å². The molecular weight excluding hydrogens is 290 g/mol. The molecule has 3 rings (SSSR count). The second-order valence-electron chi connectivity index (χ2n) is 4.48. The molecule has 3 aromatic rings. The van der Waals surface area contributed by atoms with Gasteiger partial charge in [-0.1, -0.05) is 23.7 Å². The normalized spacial score (nSPS) is 12.3. The molecule has 0 saturated heterocycles. The van der Waals surface area contributed by atoms with E-state index < -0.39 is 6.10 Å². The van der Waals surface area contributed by atoms with Gasteiger partial charge in [-0.15, -0.1) is 10.2 Å². The number of aliphatic hydroxyl groups excluding tert-OH is 1. The lowest BCUT2D eigenvalue weighted by molar-refractivity contribution is 0.144. The van der Waals surface area contributed by atoms with Crippen LogP contribution in [0.2, 0.25) is 5.02 Å². The predicted molar refractivity (Wildman–Crippen MR) is 77.5 cm³/mol. The van der Waals surface area contributed by atoms with Crippen LogP contribution in [0.4, 0.5) is 0 Å². The van der Waals surface area contributed by atoms with Crippen LogP contribution in [0.15, 0.2) is 48.8 Å². The summed E-state index contributed by atoms with van der Waals surface area (Å²) in [4.78, 5) is 5.37. The molecule has 0 fully saturated rings. The van der Waals surface area contributed by atoms with Crippen LogP contribution in [0.3, 0.4) is 0 Å². The number of aliphatic hydroxyl groups is 1. The van der Waals surface area contributed by atoms with E-state index in [4.69, 9.17) is 11.6 Å². The minimum atomic E-state index is -0.724. The Kier molecular flexibility index (Phi) is 3.89. The van der Waals surface area contributed by atoms with Crippen molar-refractivity contribution in [1.82, 2.24) is 25.2 Å². The number of aromatic nitrogens is 5. The first-order chi connectivity index (χ1) is 10.2. The van der Waals surface area contributed by atoms with E-state index in [1.807, 2.05) is 6.07 Å². The van der Waals surface area contributed by atoms with Gasteiger partial charge in [0.25, 0.3) is 0 Å². The molecule has 0 radical (unpaired) electrons. The molecule has 6 nitrogen and oxygen atoms in total. The Morgan fingerprint density at radius 1 is 1.19 bits per heavy atom. The number of pyridine rings is 1. The first-order valence-corrected chi connectivity index (χ1v) is 6.72. The van der Waals surface area contributed by atoms with Gasteiger partial charge in [-0.2, -0.15) is 4.80 Å². The highest BCUT2D eigenvalue weighted by molar-refractivity contribution is 6.30. The number of tetrazole rings is 1. The molecule has 0 bridgehead atoms. The zero-order valence-electron chi connectivity index (χ0n) is 11.0. The average molecular weight is 302 g/mol. The summed E-state index contributed by atoms with van der Waals surface area (Å²) < 4.78 is 0. The van der Waals surface area contributed by atoms with E-state index in [1.165, 1.54) is 4.80 Å².